The lowest BCUT2D eigenvalue weighted by Crippen LogP contribution is -2.49. The third-order valence-electron chi connectivity index (χ3n) is 7.75. The average Bonchev–Trinajstić information content (AvgIpc) is 3.53. The summed E-state index contributed by atoms with van der Waals surface area (Å²) >= 11 is 6.42. The van der Waals surface area contributed by atoms with Crippen molar-refractivity contribution in [3.05, 3.63) is 39.8 Å². The second kappa shape index (κ2) is 11.1. The van der Waals surface area contributed by atoms with Gasteiger partial charge in [-0.1, -0.05) is 48.7 Å². The van der Waals surface area contributed by atoms with E-state index in [4.69, 9.17) is 40.5 Å². The lowest BCUT2D eigenvalue weighted by atomic mass is 9.83. The van der Waals surface area contributed by atoms with Gasteiger partial charge in [-0.25, -0.2) is 14.8 Å². The van der Waals surface area contributed by atoms with Crippen LogP contribution in [0.3, 0.4) is 0 Å². The Bertz CT molecular complexity index is 1510. The minimum Gasteiger partial charge on any atom is -0.382 e. The minimum absolute atomic E-state index is 0.0136. The Labute approximate surface area is 230 Å². The van der Waals surface area contributed by atoms with Crippen LogP contribution < -0.4 is 10.7 Å². The van der Waals surface area contributed by atoms with Crippen LogP contribution in [0.15, 0.2) is 33.6 Å². The molecule has 1 atom stereocenters. The zero-order chi connectivity index (χ0) is 26.9. The van der Waals surface area contributed by atoms with E-state index in [9.17, 15) is 4.79 Å². The summed E-state index contributed by atoms with van der Waals surface area (Å²) < 4.78 is 18.4. The van der Waals surface area contributed by atoms with Gasteiger partial charge in [-0.15, -0.1) is 0 Å². The van der Waals surface area contributed by atoms with Crippen molar-refractivity contribution in [1.29, 1.82) is 0 Å². The van der Waals surface area contributed by atoms with Crippen molar-refractivity contribution in [3.63, 3.8) is 0 Å². The van der Waals surface area contributed by atoms with Crippen LogP contribution >= 0.6 is 11.6 Å². The molecule has 6 rings (SSSR count). The smallest absolute Gasteiger partial charge is 0.382 e. The molecule has 1 aromatic carbocycles. The van der Waals surface area contributed by atoms with Crippen LogP contribution in [-0.2, 0) is 16.0 Å². The van der Waals surface area contributed by atoms with Crippen molar-refractivity contribution < 1.29 is 14.0 Å². The number of nitrogens with one attached hydrogen (secondary N) is 1. The molecule has 11 nitrogen and oxygen atoms in total. The van der Waals surface area contributed by atoms with Crippen molar-refractivity contribution in [1.82, 2.24) is 29.7 Å². The van der Waals surface area contributed by atoms with Crippen molar-refractivity contribution in [2.24, 2.45) is 11.8 Å². The normalized spacial score (nSPS) is 22.0. The topological polar surface area (TPSA) is 124 Å². The van der Waals surface area contributed by atoms with Crippen molar-refractivity contribution >= 4 is 28.7 Å². The summed E-state index contributed by atoms with van der Waals surface area (Å²) in [6, 6.07) is 7.57. The van der Waals surface area contributed by atoms with E-state index in [0.29, 0.717) is 48.6 Å². The van der Waals surface area contributed by atoms with Gasteiger partial charge < -0.3 is 18.9 Å². The number of aromatic nitrogens is 6. The van der Waals surface area contributed by atoms with E-state index in [2.05, 4.69) is 26.5 Å². The summed E-state index contributed by atoms with van der Waals surface area (Å²) in [5.74, 6) is 1.78. The molecule has 0 radical (unpaired) electrons. The zero-order valence-electron chi connectivity index (χ0n) is 22.1. The maximum Gasteiger partial charge on any atom is 0.439 e. The summed E-state index contributed by atoms with van der Waals surface area (Å²) in [5.41, 5.74) is 2.83. The molecular weight excluding hydrogens is 522 g/mol. The third kappa shape index (κ3) is 5.30. The molecule has 1 aliphatic heterocycles. The van der Waals surface area contributed by atoms with Crippen LogP contribution in [0.4, 0.5) is 5.95 Å². The number of morpholine rings is 1. The van der Waals surface area contributed by atoms with E-state index in [1.54, 1.807) is 7.11 Å². The summed E-state index contributed by atoms with van der Waals surface area (Å²) in [6.45, 7) is 5.48. The number of fused-ring (bicyclic) bond motifs is 1. The molecule has 1 saturated carbocycles. The fraction of sp³-hybridized carbons (Fsp3) is 0.519. The first-order valence-electron chi connectivity index (χ1n) is 13.4. The molecule has 0 unspecified atom stereocenters. The summed E-state index contributed by atoms with van der Waals surface area (Å²) in [5, 5.41) is 4.42. The number of imidazole rings is 1. The van der Waals surface area contributed by atoms with Crippen molar-refractivity contribution in [2.45, 2.75) is 45.2 Å². The van der Waals surface area contributed by atoms with Crippen LogP contribution in [0.2, 0.25) is 5.02 Å². The standard InChI is InChI=1S/C27H32ClN7O4/c1-16-6-8-17(9-7-16)13-35-22-21(18-4-3-5-19(28)12-18)29-24(25-32-27(36)39-33-25)30-23(22)31-26(35)34-10-11-38-15-20(34)14-37-2/h3-5,12,16-17,20H,6-11,13-15H2,1-2H3,(H,32,33,36)/t16-,17-,20-/m1/s1. The number of anilines is 1. The van der Waals surface area contributed by atoms with Gasteiger partial charge in [0.1, 0.15) is 11.2 Å². The van der Waals surface area contributed by atoms with Crippen LogP contribution in [0.1, 0.15) is 32.6 Å². The molecule has 1 saturated heterocycles. The summed E-state index contributed by atoms with van der Waals surface area (Å²) in [6.07, 6.45) is 4.77. The number of halogens is 1. The maximum atomic E-state index is 11.7. The molecule has 3 aromatic heterocycles. The Morgan fingerprint density at radius 2 is 2.03 bits per heavy atom. The van der Waals surface area contributed by atoms with E-state index >= 15 is 0 Å². The van der Waals surface area contributed by atoms with Crippen LogP contribution in [0.25, 0.3) is 34.1 Å². The van der Waals surface area contributed by atoms with Gasteiger partial charge in [0.15, 0.2) is 5.65 Å². The molecule has 2 aliphatic rings. The minimum atomic E-state index is -0.675. The number of ether oxygens (including phenoxy) is 2. The summed E-state index contributed by atoms with van der Waals surface area (Å²) in [7, 11) is 1.70. The molecule has 1 aliphatic carbocycles. The Kier molecular flexibility index (Phi) is 7.37. The van der Waals surface area contributed by atoms with Gasteiger partial charge in [-0.3, -0.25) is 9.51 Å². The molecule has 39 heavy (non-hydrogen) atoms. The van der Waals surface area contributed by atoms with E-state index in [-0.39, 0.29) is 17.7 Å². The Morgan fingerprint density at radius 1 is 1.18 bits per heavy atom. The lowest BCUT2D eigenvalue weighted by molar-refractivity contribution is 0.0589. The largest absolute Gasteiger partial charge is 0.439 e. The van der Waals surface area contributed by atoms with Crippen LogP contribution in [-0.4, -0.2) is 69.2 Å². The number of rotatable bonds is 7. The van der Waals surface area contributed by atoms with Crippen LogP contribution in [0, 0.1) is 11.8 Å². The van der Waals surface area contributed by atoms with Gasteiger partial charge in [-0.2, -0.15) is 4.98 Å². The Balaban J connectivity index is 1.57. The van der Waals surface area contributed by atoms with E-state index < -0.39 is 5.76 Å². The molecule has 0 spiro atoms. The van der Waals surface area contributed by atoms with Gasteiger partial charge in [-0.05, 0) is 36.8 Å². The Hall–Kier alpha value is -3.28. The van der Waals surface area contributed by atoms with Gasteiger partial charge in [0, 0.05) is 30.8 Å². The maximum absolute atomic E-state index is 11.7. The van der Waals surface area contributed by atoms with Gasteiger partial charge in [0.05, 0.1) is 25.9 Å². The molecule has 1 N–H and O–H groups in total. The van der Waals surface area contributed by atoms with E-state index in [1.165, 1.54) is 12.8 Å². The molecule has 4 aromatic rings. The molecule has 4 heterocycles. The number of methoxy groups -OCH3 is 1. The number of hydrogen-bond acceptors (Lipinski definition) is 9. The highest BCUT2D eigenvalue weighted by Crippen LogP contribution is 2.37. The predicted molar refractivity (Wildman–Crippen MR) is 147 cm³/mol. The third-order valence-corrected chi connectivity index (χ3v) is 7.99. The van der Waals surface area contributed by atoms with Gasteiger partial charge in [0.2, 0.25) is 17.6 Å². The predicted octanol–water partition coefficient (Wildman–Crippen LogP) is 4.17. The number of aromatic amines is 1. The second-order valence-electron chi connectivity index (χ2n) is 10.5. The fourth-order valence-electron chi connectivity index (χ4n) is 5.70. The monoisotopic (exact) mass is 553 g/mol. The average molecular weight is 554 g/mol. The van der Waals surface area contributed by atoms with Crippen LogP contribution in [0.5, 0.6) is 0 Å². The van der Waals surface area contributed by atoms with Gasteiger partial charge in [0.25, 0.3) is 0 Å². The van der Waals surface area contributed by atoms with E-state index in [0.717, 1.165) is 42.3 Å². The first-order valence-corrected chi connectivity index (χ1v) is 13.8. The first kappa shape index (κ1) is 26.0. The fourth-order valence-corrected chi connectivity index (χ4v) is 5.89. The number of H-pyrrole nitrogens is 1. The summed E-state index contributed by atoms with van der Waals surface area (Å²) in [4.78, 5) is 31.3. The lowest BCUT2D eigenvalue weighted by Gasteiger charge is -2.37. The molecule has 0 bridgehead atoms. The first-order chi connectivity index (χ1) is 19.0. The number of hydrogen-bond donors (Lipinski definition) is 1. The van der Waals surface area contributed by atoms with Gasteiger partial charge >= 0.3 is 5.76 Å². The second-order valence-corrected chi connectivity index (χ2v) is 11.0. The Morgan fingerprint density at radius 3 is 2.77 bits per heavy atom. The molecule has 12 heteroatoms. The highest BCUT2D eigenvalue weighted by atomic mass is 35.5. The molecular formula is C27H32ClN7O4. The molecule has 0 amide bonds. The zero-order valence-corrected chi connectivity index (χ0v) is 22.9. The SMILES string of the molecule is COC[C@@H]1COCCN1c1nc2nc(-c3noc(=O)[nH]3)nc(-c3cccc(Cl)c3)c2n1C[C@H]1CC[C@H](C)CC1. The quantitative estimate of drug-likeness (QED) is 0.359. The number of nitrogens with zero attached hydrogens (tertiary/aromatic N) is 6. The highest BCUT2D eigenvalue weighted by molar-refractivity contribution is 6.30. The number of benzene rings is 1. The molecule has 206 valence electrons. The van der Waals surface area contributed by atoms with E-state index in [1.807, 2.05) is 24.3 Å². The highest BCUT2D eigenvalue weighted by Gasteiger charge is 2.31. The van der Waals surface area contributed by atoms with Crippen molar-refractivity contribution in [3.8, 4) is 22.9 Å². The van der Waals surface area contributed by atoms with Crippen molar-refractivity contribution in [2.75, 3.05) is 38.4 Å². The molecule has 2 fully saturated rings.